The summed E-state index contributed by atoms with van der Waals surface area (Å²) in [4.78, 5) is 8.47. The predicted molar refractivity (Wildman–Crippen MR) is 87.9 cm³/mol. The van der Waals surface area contributed by atoms with Crippen LogP contribution in [0.4, 0.5) is 17.3 Å². The Bertz CT molecular complexity index is 756. The molecule has 2 N–H and O–H groups in total. The van der Waals surface area contributed by atoms with Gasteiger partial charge >= 0.3 is 0 Å². The van der Waals surface area contributed by atoms with Crippen molar-refractivity contribution < 1.29 is 4.74 Å². The molecule has 1 aromatic carbocycles. The monoisotopic (exact) mass is 300 g/mol. The first-order valence-corrected chi connectivity index (χ1v) is 7.57. The number of anilines is 3. The molecule has 3 rings (SSSR count). The Labute approximate surface area is 127 Å². The Morgan fingerprint density at radius 3 is 2.86 bits per heavy atom. The molecule has 5 nitrogen and oxygen atoms in total. The molecule has 2 heterocycles. The maximum atomic E-state index is 5.43. The lowest BCUT2D eigenvalue weighted by Crippen LogP contribution is -2.05. The summed E-state index contributed by atoms with van der Waals surface area (Å²) in [6, 6.07) is 8.33. The first-order valence-electron chi connectivity index (χ1n) is 6.69. The number of nitrogens with one attached hydrogen (secondary N) is 2. The third kappa shape index (κ3) is 2.75. The average molecular weight is 300 g/mol. The summed E-state index contributed by atoms with van der Waals surface area (Å²) in [6.45, 7) is 2.78. The van der Waals surface area contributed by atoms with Gasteiger partial charge in [-0.15, -0.1) is 11.3 Å². The van der Waals surface area contributed by atoms with E-state index in [0.29, 0.717) is 17.4 Å². The van der Waals surface area contributed by atoms with Crippen molar-refractivity contribution in [2.75, 3.05) is 24.3 Å². The molecule has 0 aliphatic heterocycles. The first-order chi connectivity index (χ1) is 10.3. The number of hydrogen-bond donors (Lipinski definition) is 2. The van der Waals surface area contributed by atoms with Crippen molar-refractivity contribution >= 4 is 38.7 Å². The van der Waals surface area contributed by atoms with Crippen molar-refractivity contribution in [1.82, 2.24) is 9.97 Å². The highest BCUT2D eigenvalue weighted by molar-refractivity contribution is 7.17. The molecule has 0 fully saturated rings. The van der Waals surface area contributed by atoms with E-state index in [4.69, 9.17) is 4.74 Å². The van der Waals surface area contributed by atoms with Gasteiger partial charge in [0.15, 0.2) is 11.6 Å². The van der Waals surface area contributed by atoms with Crippen molar-refractivity contribution in [3.63, 3.8) is 0 Å². The second-order valence-corrected chi connectivity index (χ2v) is 5.38. The SMILES string of the molecule is CCNc1ncnc(Nc2ccc3sccc3c2)c1OC. The minimum absolute atomic E-state index is 0.616. The number of hydrogen-bond acceptors (Lipinski definition) is 6. The fourth-order valence-electron chi connectivity index (χ4n) is 2.13. The molecule has 0 amide bonds. The minimum Gasteiger partial charge on any atom is -0.490 e. The van der Waals surface area contributed by atoms with E-state index in [0.717, 1.165) is 12.2 Å². The summed E-state index contributed by atoms with van der Waals surface area (Å²) in [7, 11) is 1.62. The van der Waals surface area contributed by atoms with E-state index in [1.165, 1.54) is 16.4 Å². The number of rotatable bonds is 5. The van der Waals surface area contributed by atoms with Gasteiger partial charge in [0.25, 0.3) is 0 Å². The van der Waals surface area contributed by atoms with Crippen molar-refractivity contribution in [2.45, 2.75) is 6.92 Å². The molecule has 3 aromatic rings. The van der Waals surface area contributed by atoms with Gasteiger partial charge in [-0.2, -0.15) is 0 Å². The smallest absolute Gasteiger partial charge is 0.204 e. The zero-order valence-electron chi connectivity index (χ0n) is 11.9. The average Bonchev–Trinajstić information content (AvgIpc) is 2.95. The molecule has 0 spiro atoms. The van der Waals surface area contributed by atoms with Gasteiger partial charge in [0.1, 0.15) is 6.33 Å². The number of nitrogens with zero attached hydrogens (tertiary/aromatic N) is 2. The van der Waals surface area contributed by atoms with Gasteiger partial charge in [-0.1, -0.05) is 0 Å². The molecule has 21 heavy (non-hydrogen) atoms. The van der Waals surface area contributed by atoms with Gasteiger partial charge in [0.05, 0.1) is 7.11 Å². The number of thiophene rings is 1. The van der Waals surface area contributed by atoms with Crippen LogP contribution < -0.4 is 15.4 Å². The molecule has 0 saturated heterocycles. The number of benzene rings is 1. The molecule has 0 aliphatic rings. The van der Waals surface area contributed by atoms with E-state index in [1.54, 1.807) is 18.4 Å². The molecular weight excluding hydrogens is 284 g/mol. The second kappa shape index (κ2) is 5.97. The highest BCUT2D eigenvalue weighted by Crippen LogP contribution is 2.32. The Hall–Kier alpha value is -2.34. The summed E-state index contributed by atoms with van der Waals surface area (Å²) in [5.41, 5.74) is 0.973. The highest BCUT2D eigenvalue weighted by atomic mass is 32.1. The van der Waals surface area contributed by atoms with Gasteiger partial charge in [0, 0.05) is 16.9 Å². The molecular formula is C15H16N4OS. The Morgan fingerprint density at radius 2 is 2.05 bits per heavy atom. The van der Waals surface area contributed by atoms with Crippen LogP contribution in [0.3, 0.4) is 0 Å². The van der Waals surface area contributed by atoms with Gasteiger partial charge in [-0.05, 0) is 42.0 Å². The van der Waals surface area contributed by atoms with Gasteiger partial charge in [-0.25, -0.2) is 9.97 Å². The first kappa shape index (κ1) is 13.6. The lowest BCUT2D eigenvalue weighted by atomic mass is 10.2. The van der Waals surface area contributed by atoms with Crippen molar-refractivity contribution in [3.05, 3.63) is 36.0 Å². The van der Waals surface area contributed by atoms with Gasteiger partial charge in [0.2, 0.25) is 5.75 Å². The molecule has 0 aliphatic carbocycles. The van der Waals surface area contributed by atoms with Crippen LogP contribution in [-0.4, -0.2) is 23.6 Å². The summed E-state index contributed by atoms with van der Waals surface area (Å²) in [5, 5.41) is 9.76. The van der Waals surface area contributed by atoms with Crippen LogP contribution in [-0.2, 0) is 0 Å². The molecule has 0 saturated carbocycles. The molecule has 0 atom stereocenters. The molecule has 0 bridgehead atoms. The largest absolute Gasteiger partial charge is 0.490 e. The van der Waals surface area contributed by atoms with Crippen LogP contribution in [0.2, 0.25) is 0 Å². The Morgan fingerprint density at radius 1 is 1.19 bits per heavy atom. The van der Waals surface area contributed by atoms with E-state index in [1.807, 2.05) is 13.0 Å². The van der Waals surface area contributed by atoms with Crippen LogP contribution in [0.25, 0.3) is 10.1 Å². The Kier molecular flexibility index (Phi) is 3.87. The lowest BCUT2D eigenvalue weighted by Gasteiger charge is -2.13. The van der Waals surface area contributed by atoms with E-state index >= 15 is 0 Å². The van der Waals surface area contributed by atoms with E-state index in [9.17, 15) is 0 Å². The molecule has 2 aromatic heterocycles. The number of fused-ring (bicyclic) bond motifs is 1. The fraction of sp³-hybridized carbons (Fsp3) is 0.200. The van der Waals surface area contributed by atoms with Crippen LogP contribution in [0, 0.1) is 0 Å². The standard InChI is InChI=1S/C15H16N4OS/c1-3-16-14-13(20-2)15(18-9-17-14)19-11-4-5-12-10(8-11)6-7-21-12/h4-9H,3H2,1-2H3,(H2,16,17,18,19). The Balaban J connectivity index is 1.94. The van der Waals surface area contributed by atoms with Crippen LogP contribution in [0.5, 0.6) is 5.75 Å². The molecule has 0 unspecified atom stereocenters. The zero-order chi connectivity index (χ0) is 14.7. The lowest BCUT2D eigenvalue weighted by molar-refractivity contribution is 0.415. The number of methoxy groups -OCH3 is 1. The van der Waals surface area contributed by atoms with Crippen LogP contribution >= 0.6 is 11.3 Å². The third-order valence-electron chi connectivity index (χ3n) is 3.07. The van der Waals surface area contributed by atoms with Crippen molar-refractivity contribution in [2.24, 2.45) is 0 Å². The third-order valence-corrected chi connectivity index (χ3v) is 3.97. The van der Waals surface area contributed by atoms with Crippen molar-refractivity contribution in [3.8, 4) is 5.75 Å². The molecule has 0 radical (unpaired) electrons. The second-order valence-electron chi connectivity index (χ2n) is 4.43. The summed E-state index contributed by atoms with van der Waals surface area (Å²) < 4.78 is 6.69. The highest BCUT2D eigenvalue weighted by Gasteiger charge is 2.11. The normalized spacial score (nSPS) is 10.6. The van der Waals surface area contributed by atoms with E-state index in [2.05, 4.69) is 44.2 Å². The summed E-state index contributed by atoms with van der Waals surface area (Å²) >= 11 is 1.73. The molecule has 108 valence electrons. The van der Waals surface area contributed by atoms with E-state index < -0.39 is 0 Å². The topological polar surface area (TPSA) is 59.1 Å². The van der Waals surface area contributed by atoms with Crippen LogP contribution in [0.15, 0.2) is 36.0 Å². The van der Waals surface area contributed by atoms with Gasteiger partial charge in [-0.3, -0.25) is 0 Å². The molecule has 6 heteroatoms. The maximum absolute atomic E-state index is 5.43. The van der Waals surface area contributed by atoms with Crippen LogP contribution in [0.1, 0.15) is 6.92 Å². The predicted octanol–water partition coefficient (Wildman–Crippen LogP) is 3.88. The van der Waals surface area contributed by atoms with Gasteiger partial charge < -0.3 is 15.4 Å². The maximum Gasteiger partial charge on any atom is 0.204 e. The van der Waals surface area contributed by atoms with E-state index in [-0.39, 0.29) is 0 Å². The minimum atomic E-state index is 0.616. The fourth-order valence-corrected chi connectivity index (χ4v) is 2.90. The summed E-state index contributed by atoms with van der Waals surface area (Å²) in [6.07, 6.45) is 1.52. The summed E-state index contributed by atoms with van der Waals surface area (Å²) in [5.74, 6) is 1.96. The van der Waals surface area contributed by atoms with Crippen molar-refractivity contribution in [1.29, 1.82) is 0 Å². The number of aromatic nitrogens is 2. The number of ether oxygens (including phenoxy) is 1. The zero-order valence-corrected chi connectivity index (χ0v) is 12.7. The quantitative estimate of drug-likeness (QED) is 0.749.